The number of carboxylic acids is 1. The summed E-state index contributed by atoms with van der Waals surface area (Å²) in [5.41, 5.74) is 0. The molecule has 2 aromatic carbocycles. The number of benzene rings is 2. The van der Waals surface area contributed by atoms with Crippen LogP contribution in [0.3, 0.4) is 0 Å². The molecular formula is C17H18O4S. The van der Waals surface area contributed by atoms with E-state index in [0.29, 0.717) is 5.75 Å². The fourth-order valence-electron chi connectivity index (χ4n) is 2.60. The van der Waals surface area contributed by atoms with E-state index in [4.69, 9.17) is 9.47 Å². The minimum absolute atomic E-state index is 0.455. The van der Waals surface area contributed by atoms with Crippen molar-refractivity contribution >= 4 is 28.5 Å². The van der Waals surface area contributed by atoms with Gasteiger partial charge in [0.15, 0.2) is 11.9 Å². The Kier molecular flexibility index (Phi) is 4.12. The lowest BCUT2D eigenvalue weighted by Crippen LogP contribution is -2.32. The summed E-state index contributed by atoms with van der Waals surface area (Å²) in [7, 11) is 0. The summed E-state index contributed by atoms with van der Waals surface area (Å²) in [5.74, 6) is -1.29. The van der Waals surface area contributed by atoms with Crippen molar-refractivity contribution in [2.24, 2.45) is 0 Å². The van der Waals surface area contributed by atoms with Crippen LogP contribution in [0.15, 0.2) is 47.4 Å². The van der Waals surface area contributed by atoms with Gasteiger partial charge in [0, 0.05) is 10.6 Å². The van der Waals surface area contributed by atoms with Crippen molar-refractivity contribution in [2.45, 2.75) is 36.7 Å². The summed E-state index contributed by atoms with van der Waals surface area (Å²) < 4.78 is 11.2. The highest BCUT2D eigenvalue weighted by Gasteiger charge is 2.45. The Bertz CT molecular complexity index is 698. The van der Waals surface area contributed by atoms with E-state index in [1.807, 2.05) is 18.2 Å². The lowest BCUT2D eigenvalue weighted by molar-refractivity contribution is -0.165. The molecule has 2 unspecified atom stereocenters. The average Bonchev–Trinajstić information content (AvgIpc) is 2.80. The molecule has 0 amide bonds. The molecule has 0 aliphatic carbocycles. The average molecular weight is 318 g/mol. The molecule has 1 aliphatic heterocycles. The Morgan fingerprint density at radius 3 is 2.64 bits per heavy atom. The number of aliphatic carboxylic acids is 1. The number of carboxylic acid groups (broad SMARTS) is 1. The third-order valence-electron chi connectivity index (χ3n) is 3.56. The Hall–Kier alpha value is -1.56. The van der Waals surface area contributed by atoms with Crippen LogP contribution in [-0.2, 0) is 14.3 Å². The first kappa shape index (κ1) is 15.3. The largest absolute Gasteiger partial charge is 0.479 e. The lowest BCUT2D eigenvalue weighted by atomic mass is 10.1. The summed E-state index contributed by atoms with van der Waals surface area (Å²) in [6.45, 7) is 3.48. The van der Waals surface area contributed by atoms with E-state index < -0.39 is 24.0 Å². The number of fused-ring (bicyclic) bond motifs is 1. The number of thioether (sulfide) groups is 1. The maximum atomic E-state index is 11.3. The zero-order valence-electron chi connectivity index (χ0n) is 12.5. The zero-order valence-corrected chi connectivity index (χ0v) is 13.3. The molecule has 1 N–H and O–H groups in total. The second-order valence-corrected chi connectivity index (χ2v) is 6.85. The van der Waals surface area contributed by atoms with Gasteiger partial charge in [0.1, 0.15) is 6.10 Å². The second kappa shape index (κ2) is 5.91. The van der Waals surface area contributed by atoms with Gasteiger partial charge in [-0.05, 0) is 36.8 Å². The van der Waals surface area contributed by atoms with Gasteiger partial charge in [-0.1, -0.05) is 30.3 Å². The van der Waals surface area contributed by atoms with Crippen LogP contribution in [0, 0.1) is 0 Å². The van der Waals surface area contributed by atoms with Crippen LogP contribution in [0.25, 0.3) is 10.8 Å². The molecule has 5 heteroatoms. The van der Waals surface area contributed by atoms with Crippen molar-refractivity contribution in [2.75, 3.05) is 5.75 Å². The summed E-state index contributed by atoms with van der Waals surface area (Å²) >= 11 is 1.59. The first-order valence-electron chi connectivity index (χ1n) is 7.15. The highest BCUT2D eigenvalue weighted by atomic mass is 32.2. The van der Waals surface area contributed by atoms with Gasteiger partial charge in [0.25, 0.3) is 0 Å². The maximum Gasteiger partial charge on any atom is 0.335 e. The van der Waals surface area contributed by atoms with Crippen LogP contribution in [0.5, 0.6) is 0 Å². The number of rotatable bonds is 4. The monoisotopic (exact) mass is 318 g/mol. The standard InChI is InChI=1S/C17H18O4S/c1-17(2)20-14(15(21-17)16(18)19)10-22-13-8-7-11-5-3-4-6-12(11)9-13/h3-9,14-15H,10H2,1-2H3,(H,18,19). The number of carbonyl (C=O) groups is 1. The Labute approximate surface area is 133 Å². The molecule has 22 heavy (non-hydrogen) atoms. The topological polar surface area (TPSA) is 55.8 Å². The molecule has 0 aromatic heterocycles. The highest BCUT2D eigenvalue weighted by Crippen LogP contribution is 2.32. The Morgan fingerprint density at radius 1 is 1.18 bits per heavy atom. The van der Waals surface area contributed by atoms with Gasteiger partial charge in [0.2, 0.25) is 0 Å². The molecule has 0 bridgehead atoms. The smallest absolute Gasteiger partial charge is 0.335 e. The van der Waals surface area contributed by atoms with Gasteiger partial charge in [0.05, 0.1) is 0 Å². The Morgan fingerprint density at radius 2 is 1.91 bits per heavy atom. The van der Waals surface area contributed by atoms with E-state index in [0.717, 1.165) is 4.90 Å². The zero-order chi connectivity index (χ0) is 15.7. The lowest BCUT2D eigenvalue weighted by Gasteiger charge is -2.16. The number of ether oxygens (including phenoxy) is 2. The fraction of sp³-hybridized carbons (Fsp3) is 0.353. The van der Waals surface area contributed by atoms with Crippen LogP contribution in [0.1, 0.15) is 13.8 Å². The Balaban J connectivity index is 1.71. The number of hydrogen-bond donors (Lipinski definition) is 1. The van der Waals surface area contributed by atoms with Gasteiger partial charge in [-0.15, -0.1) is 11.8 Å². The molecule has 0 saturated carbocycles. The second-order valence-electron chi connectivity index (χ2n) is 5.75. The maximum absolute atomic E-state index is 11.3. The SMILES string of the molecule is CC1(C)OC(CSc2ccc3ccccc3c2)C(C(=O)O)O1. The van der Waals surface area contributed by atoms with Crippen LogP contribution >= 0.6 is 11.8 Å². The molecule has 116 valence electrons. The molecule has 1 aliphatic rings. The molecule has 4 nitrogen and oxygen atoms in total. The highest BCUT2D eigenvalue weighted by molar-refractivity contribution is 7.99. The summed E-state index contributed by atoms with van der Waals surface area (Å²) in [5, 5.41) is 11.6. The van der Waals surface area contributed by atoms with E-state index in [1.54, 1.807) is 25.6 Å². The molecule has 1 fully saturated rings. The molecule has 2 aromatic rings. The molecule has 1 heterocycles. The van der Waals surface area contributed by atoms with Crippen molar-refractivity contribution in [3.05, 3.63) is 42.5 Å². The van der Waals surface area contributed by atoms with Crippen LogP contribution in [0.4, 0.5) is 0 Å². The van der Waals surface area contributed by atoms with Gasteiger partial charge >= 0.3 is 5.97 Å². The van der Waals surface area contributed by atoms with E-state index in [1.165, 1.54) is 10.8 Å². The third-order valence-corrected chi connectivity index (χ3v) is 4.64. The van der Waals surface area contributed by atoms with Crippen LogP contribution in [-0.4, -0.2) is 34.8 Å². The van der Waals surface area contributed by atoms with Crippen molar-refractivity contribution in [1.82, 2.24) is 0 Å². The van der Waals surface area contributed by atoms with E-state index >= 15 is 0 Å². The van der Waals surface area contributed by atoms with E-state index in [2.05, 4.69) is 24.3 Å². The van der Waals surface area contributed by atoms with Crippen molar-refractivity contribution in [3.8, 4) is 0 Å². The number of hydrogen-bond acceptors (Lipinski definition) is 4. The summed E-state index contributed by atoms with van der Waals surface area (Å²) in [4.78, 5) is 12.4. The summed E-state index contributed by atoms with van der Waals surface area (Å²) in [6, 6.07) is 14.4. The van der Waals surface area contributed by atoms with Crippen molar-refractivity contribution < 1.29 is 19.4 Å². The normalized spacial score (nSPS) is 23.7. The van der Waals surface area contributed by atoms with Gasteiger partial charge in [-0.2, -0.15) is 0 Å². The quantitative estimate of drug-likeness (QED) is 0.874. The van der Waals surface area contributed by atoms with Gasteiger partial charge in [-0.3, -0.25) is 0 Å². The van der Waals surface area contributed by atoms with Crippen LogP contribution < -0.4 is 0 Å². The van der Waals surface area contributed by atoms with Gasteiger partial charge in [-0.25, -0.2) is 4.79 Å². The first-order valence-corrected chi connectivity index (χ1v) is 8.13. The predicted molar refractivity (Wildman–Crippen MR) is 86.1 cm³/mol. The van der Waals surface area contributed by atoms with Crippen LogP contribution in [0.2, 0.25) is 0 Å². The molecule has 1 saturated heterocycles. The molecule has 0 radical (unpaired) electrons. The van der Waals surface area contributed by atoms with Gasteiger partial charge < -0.3 is 14.6 Å². The van der Waals surface area contributed by atoms with E-state index in [9.17, 15) is 9.90 Å². The predicted octanol–water partition coefficient (Wildman–Crippen LogP) is 3.54. The minimum atomic E-state index is -0.977. The third kappa shape index (κ3) is 3.27. The van der Waals surface area contributed by atoms with Crippen molar-refractivity contribution in [1.29, 1.82) is 0 Å². The van der Waals surface area contributed by atoms with E-state index in [-0.39, 0.29) is 0 Å². The molecule has 3 rings (SSSR count). The molecular weight excluding hydrogens is 300 g/mol. The van der Waals surface area contributed by atoms with Crippen molar-refractivity contribution in [3.63, 3.8) is 0 Å². The fourth-order valence-corrected chi connectivity index (χ4v) is 3.58. The minimum Gasteiger partial charge on any atom is -0.479 e. The molecule has 0 spiro atoms. The summed E-state index contributed by atoms with van der Waals surface area (Å²) in [6.07, 6.45) is -1.37. The molecule has 2 atom stereocenters. The first-order chi connectivity index (χ1) is 10.4.